The van der Waals surface area contributed by atoms with Crippen LogP contribution in [0.5, 0.6) is 0 Å². The molecule has 4 rings (SSSR count). The average molecular weight is 244 g/mol. The SMILES string of the molecule is [CH2-][NH+]1CCc2c(CN3C[C@@H]4CO[C@H]3C4)cccc21. The summed E-state index contributed by atoms with van der Waals surface area (Å²) in [5, 5.41) is 0. The van der Waals surface area contributed by atoms with Gasteiger partial charge >= 0.3 is 0 Å². The van der Waals surface area contributed by atoms with Crippen molar-refractivity contribution in [2.45, 2.75) is 25.6 Å². The molecule has 3 aliphatic heterocycles. The van der Waals surface area contributed by atoms with Gasteiger partial charge in [-0.3, -0.25) is 4.90 Å². The van der Waals surface area contributed by atoms with Gasteiger partial charge in [-0.1, -0.05) is 12.1 Å². The molecular formula is C15H20N2O. The Kier molecular flexibility index (Phi) is 2.47. The second-order valence-corrected chi connectivity index (χ2v) is 5.87. The lowest BCUT2D eigenvalue weighted by Gasteiger charge is -2.27. The molecule has 0 saturated carbocycles. The summed E-state index contributed by atoms with van der Waals surface area (Å²) in [6, 6.07) is 6.68. The van der Waals surface area contributed by atoms with Crippen molar-refractivity contribution in [3.05, 3.63) is 36.4 Å². The number of nitrogens with zero attached hydrogens (tertiary/aromatic N) is 1. The van der Waals surface area contributed by atoms with Crippen LogP contribution >= 0.6 is 0 Å². The molecule has 1 aromatic rings. The fourth-order valence-electron chi connectivity index (χ4n) is 3.70. The fraction of sp³-hybridized carbons (Fsp3) is 0.533. The molecule has 0 radical (unpaired) electrons. The first-order valence-corrected chi connectivity index (χ1v) is 6.96. The Balaban J connectivity index is 1.59. The summed E-state index contributed by atoms with van der Waals surface area (Å²) >= 11 is 0. The zero-order valence-electron chi connectivity index (χ0n) is 10.7. The topological polar surface area (TPSA) is 16.9 Å². The number of fused-ring (bicyclic) bond motifs is 3. The van der Waals surface area contributed by atoms with Crippen LogP contribution in [0.2, 0.25) is 0 Å². The van der Waals surface area contributed by atoms with Gasteiger partial charge in [0.15, 0.2) is 0 Å². The highest BCUT2D eigenvalue weighted by Gasteiger charge is 2.39. The summed E-state index contributed by atoms with van der Waals surface area (Å²) in [5.41, 5.74) is 4.42. The number of likely N-dealkylation sites (tertiary alicyclic amines) is 1. The van der Waals surface area contributed by atoms with Crippen LogP contribution in [-0.4, -0.2) is 30.8 Å². The van der Waals surface area contributed by atoms with Gasteiger partial charge in [0, 0.05) is 25.1 Å². The van der Waals surface area contributed by atoms with E-state index in [2.05, 4.69) is 30.1 Å². The molecule has 0 aromatic heterocycles. The molecule has 96 valence electrons. The van der Waals surface area contributed by atoms with E-state index in [0.717, 1.165) is 25.6 Å². The summed E-state index contributed by atoms with van der Waals surface area (Å²) in [6.07, 6.45) is 2.80. The van der Waals surface area contributed by atoms with E-state index in [1.165, 1.54) is 41.1 Å². The maximum Gasteiger partial charge on any atom is 0.111 e. The molecule has 1 unspecified atom stereocenters. The summed E-state index contributed by atoms with van der Waals surface area (Å²) in [5.74, 6) is 0.779. The van der Waals surface area contributed by atoms with E-state index in [1.807, 2.05) is 0 Å². The number of quaternary nitrogens is 1. The Morgan fingerprint density at radius 1 is 1.44 bits per heavy atom. The van der Waals surface area contributed by atoms with E-state index in [1.54, 1.807) is 0 Å². The van der Waals surface area contributed by atoms with Crippen LogP contribution in [0.25, 0.3) is 0 Å². The minimum Gasteiger partial charge on any atom is -0.434 e. The van der Waals surface area contributed by atoms with Crippen molar-refractivity contribution in [3.8, 4) is 0 Å². The molecule has 3 atom stereocenters. The molecule has 0 amide bonds. The van der Waals surface area contributed by atoms with Gasteiger partial charge in [-0.05, 0) is 24.0 Å². The molecule has 3 aliphatic rings. The lowest BCUT2D eigenvalue weighted by molar-refractivity contribution is -0.775. The van der Waals surface area contributed by atoms with E-state index < -0.39 is 0 Å². The molecule has 2 saturated heterocycles. The maximum atomic E-state index is 5.79. The van der Waals surface area contributed by atoms with Crippen LogP contribution < -0.4 is 4.90 Å². The van der Waals surface area contributed by atoms with Gasteiger partial charge in [-0.2, -0.15) is 0 Å². The number of benzene rings is 1. The number of ether oxygens (including phenoxy) is 1. The van der Waals surface area contributed by atoms with Crippen molar-refractivity contribution in [1.29, 1.82) is 0 Å². The maximum absolute atomic E-state index is 5.79. The van der Waals surface area contributed by atoms with Crippen LogP contribution in [0, 0.1) is 13.0 Å². The minimum atomic E-state index is 0.385. The highest BCUT2D eigenvalue weighted by Crippen LogP contribution is 2.33. The van der Waals surface area contributed by atoms with Gasteiger partial charge in [0.05, 0.1) is 13.2 Å². The Hall–Kier alpha value is -0.900. The number of hydrogen-bond acceptors (Lipinski definition) is 2. The van der Waals surface area contributed by atoms with E-state index in [9.17, 15) is 0 Å². The Morgan fingerprint density at radius 3 is 3.17 bits per heavy atom. The first-order chi connectivity index (χ1) is 8.81. The van der Waals surface area contributed by atoms with Gasteiger partial charge in [-0.25, -0.2) is 0 Å². The average Bonchev–Trinajstić information content (AvgIpc) is 3.06. The van der Waals surface area contributed by atoms with Crippen molar-refractivity contribution in [1.82, 2.24) is 4.90 Å². The van der Waals surface area contributed by atoms with Crippen LogP contribution in [0.3, 0.4) is 0 Å². The Labute approximate surface area is 108 Å². The first-order valence-electron chi connectivity index (χ1n) is 6.96. The molecule has 0 aliphatic carbocycles. The highest BCUT2D eigenvalue weighted by molar-refractivity contribution is 5.47. The third kappa shape index (κ3) is 1.62. The van der Waals surface area contributed by atoms with Gasteiger partial charge in [0.1, 0.15) is 11.9 Å². The third-order valence-electron chi connectivity index (χ3n) is 4.66. The first kappa shape index (κ1) is 11.0. The van der Waals surface area contributed by atoms with Crippen molar-refractivity contribution in [2.75, 3.05) is 19.7 Å². The van der Waals surface area contributed by atoms with Crippen LogP contribution in [0.15, 0.2) is 18.2 Å². The second-order valence-electron chi connectivity index (χ2n) is 5.87. The van der Waals surface area contributed by atoms with E-state index >= 15 is 0 Å². The predicted molar refractivity (Wildman–Crippen MR) is 69.2 cm³/mol. The Morgan fingerprint density at radius 2 is 2.39 bits per heavy atom. The summed E-state index contributed by atoms with van der Waals surface area (Å²) in [6.45, 7) is 4.38. The van der Waals surface area contributed by atoms with Crippen molar-refractivity contribution < 1.29 is 9.64 Å². The number of nitrogens with one attached hydrogen (secondary N) is 1. The van der Waals surface area contributed by atoms with Crippen molar-refractivity contribution in [3.63, 3.8) is 0 Å². The zero-order valence-corrected chi connectivity index (χ0v) is 10.7. The molecule has 3 heterocycles. The van der Waals surface area contributed by atoms with Gasteiger partial charge in [0.25, 0.3) is 0 Å². The monoisotopic (exact) mass is 244 g/mol. The largest absolute Gasteiger partial charge is 0.434 e. The smallest absolute Gasteiger partial charge is 0.111 e. The third-order valence-corrected chi connectivity index (χ3v) is 4.66. The molecule has 2 bridgehead atoms. The van der Waals surface area contributed by atoms with Crippen LogP contribution in [0.4, 0.5) is 5.69 Å². The molecule has 18 heavy (non-hydrogen) atoms. The van der Waals surface area contributed by atoms with Gasteiger partial charge in [-0.15, -0.1) is 7.05 Å². The highest BCUT2D eigenvalue weighted by atomic mass is 16.5. The summed E-state index contributed by atoms with van der Waals surface area (Å²) in [4.78, 5) is 3.82. The van der Waals surface area contributed by atoms with E-state index in [4.69, 9.17) is 4.74 Å². The van der Waals surface area contributed by atoms with E-state index in [-0.39, 0.29) is 0 Å². The fourth-order valence-corrected chi connectivity index (χ4v) is 3.70. The number of hydrogen-bond donors (Lipinski definition) is 1. The molecule has 3 nitrogen and oxygen atoms in total. The van der Waals surface area contributed by atoms with E-state index in [0.29, 0.717) is 6.23 Å². The molecule has 3 heteroatoms. The van der Waals surface area contributed by atoms with Crippen LogP contribution in [0.1, 0.15) is 17.5 Å². The zero-order chi connectivity index (χ0) is 12.1. The second kappa shape index (κ2) is 4.05. The van der Waals surface area contributed by atoms with Crippen molar-refractivity contribution >= 4 is 5.69 Å². The molecule has 1 N–H and O–H groups in total. The summed E-state index contributed by atoms with van der Waals surface area (Å²) in [7, 11) is 4.17. The standard InChI is InChI=1S/C15H20N2O/c1-16-6-5-13-12(3-2-4-14(13)16)9-17-8-11-7-15(17)18-10-11/h2-4,11,15-16H,1,5-10H2/t11-,15+/m1/s1. The molecule has 0 spiro atoms. The lowest BCUT2D eigenvalue weighted by atomic mass is 10.0. The predicted octanol–water partition coefficient (Wildman–Crippen LogP) is 0.729. The van der Waals surface area contributed by atoms with Gasteiger partial charge in [0.2, 0.25) is 0 Å². The molecule has 1 aromatic carbocycles. The summed E-state index contributed by atoms with van der Waals surface area (Å²) < 4.78 is 5.79. The normalized spacial score (nSPS) is 34.2. The number of rotatable bonds is 2. The minimum absolute atomic E-state index is 0.385. The van der Waals surface area contributed by atoms with Crippen molar-refractivity contribution in [2.24, 2.45) is 5.92 Å². The van der Waals surface area contributed by atoms with Crippen LogP contribution in [-0.2, 0) is 17.7 Å². The quantitative estimate of drug-likeness (QED) is 0.772. The van der Waals surface area contributed by atoms with Gasteiger partial charge < -0.3 is 9.64 Å². The lowest BCUT2D eigenvalue weighted by Crippen LogP contribution is -3.00. The molecule has 2 fully saturated rings. The molecular weight excluding hydrogens is 224 g/mol. The Bertz CT molecular complexity index is 474.